The lowest BCUT2D eigenvalue weighted by Gasteiger charge is -2.12. The minimum Gasteiger partial charge on any atom is -0.389 e. The molecule has 8 heteroatoms. The van der Waals surface area contributed by atoms with Gasteiger partial charge in [-0.05, 0) is 77.6 Å². The van der Waals surface area contributed by atoms with Gasteiger partial charge in [0, 0.05) is 53.9 Å². The second-order valence-corrected chi connectivity index (χ2v) is 10.3. The molecule has 0 aliphatic heterocycles. The Balaban J connectivity index is 1.70. The van der Waals surface area contributed by atoms with E-state index in [4.69, 9.17) is 0 Å². The fourth-order valence-corrected chi connectivity index (χ4v) is 5.12. The molecule has 3 aromatic heterocycles. The maximum Gasteiger partial charge on any atom is 0.275 e. The molecule has 0 fully saturated rings. The average Bonchev–Trinajstić information content (AvgIpc) is 3.59. The summed E-state index contributed by atoms with van der Waals surface area (Å²) in [6, 6.07) is 10.1. The summed E-state index contributed by atoms with van der Waals surface area (Å²) in [5.74, 6) is -0.222. The quantitative estimate of drug-likeness (QED) is 0.300. The summed E-state index contributed by atoms with van der Waals surface area (Å²) >= 11 is 3.09. The summed E-state index contributed by atoms with van der Waals surface area (Å²) < 4.78 is 0. The molecule has 0 aliphatic rings. The number of likely N-dealkylation sites (N-methyl/N-ethyl adjacent to an activating group) is 1. The number of benzene rings is 1. The number of unbranched alkanes of at least 4 members (excludes halogenated alkanes) is 1. The zero-order chi connectivity index (χ0) is 25.3. The van der Waals surface area contributed by atoms with Gasteiger partial charge in [0.05, 0.1) is 0 Å². The van der Waals surface area contributed by atoms with Gasteiger partial charge < -0.3 is 15.5 Å². The van der Waals surface area contributed by atoms with Gasteiger partial charge in [-0.15, -0.1) is 11.3 Å². The van der Waals surface area contributed by atoms with Crippen LogP contribution in [0.1, 0.15) is 30.3 Å². The molecule has 2 N–H and O–H groups in total. The molecule has 3 heterocycles. The predicted octanol–water partition coefficient (Wildman–Crippen LogP) is 4.66. The van der Waals surface area contributed by atoms with Crippen molar-refractivity contribution < 1.29 is 4.79 Å². The summed E-state index contributed by atoms with van der Waals surface area (Å²) in [7, 11) is 4.12. The summed E-state index contributed by atoms with van der Waals surface area (Å²) in [5.41, 5.74) is 4.21. The molecule has 0 spiro atoms. The maximum absolute atomic E-state index is 13.3. The SMILES string of the molecule is CCC/C=c1\cc(-c2ccsc2)c(NC(=O)c2csc(-c3ccncc3)n2)c\c1=C\NCCN(C)C. The third-order valence-corrected chi connectivity index (χ3v) is 7.16. The van der Waals surface area contributed by atoms with E-state index in [0.29, 0.717) is 5.69 Å². The van der Waals surface area contributed by atoms with Gasteiger partial charge in [0.2, 0.25) is 0 Å². The molecule has 0 saturated carbocycles. The van der Waals surface area contributed by atoms with Gasteiger partial charge in [-0.25, -0.2) is 4.98 Å². The molecule has 186 valence electrons. The standard InChI is InChI=1S/C28H31N5OS2/c1-4-5-6-21-15-24(22-9-14-35-18-22)25(16-23(21)17-30-12-13-33(2)3)31-27(34)26-19-36-28(32-26)20-7-10-29-11-8-20/h6-11,14-19,30H,4-5,12-13H2,1-3H3,(H,31,34)/b21-6+,23-17-. The largest absolute Gasteiger partial charge is 0.389 e. The predicted molar refractivity (Wildman–Crippen MR) is 153 cm³/mol. The minimum atomic E-state index is -0.222. The van der Waals surface area contributed by atoms with E-state index in [0.717, 1.165) is 63.8 Å². The summed E-state index contributed by atoms with van der Waals surface area (Å²) in [5, 5.41) is 15.5. The number of thiophene rings is 1. The molecule has 1 aromatic carbocycles. The number of aromatic nitrogens is 2. The lowest BCUT2D eigenvalue weighted by Crippen LogP contribution is -2.31. The first-order chi connectivity index (χ1) is 17.5. The Morgan fingerprint density at radius 2 is 1.92 bits per heavy atom. The molecule has 36 heavy (non-hydrogen) atoms. The number of rotatable bonds is 10. The van der Waals surface area contributed by atoms with Crippen molar-refractivity contribution in [1.29, 1.82) is 0 Å². The number of carbonyl (C=O) groups excluding carboxylic acids is 1. The van der Waals surface area contributed by atoms with Crippen LogP contribution in [-0.2, 0) is 0 Å². The fraction of sp³-hybridized carbons (Fsp3) is 0.250. The second kappa shape index (κ2) is 12.6. The first-order valence-electron chi connectivity index (χ1n) is 12.0. The highest BCUT2D eigenvalue weighted by Crippen LogP contribution is 2.29. The summed E-state index contributed by atoms with van der Waals surface area (Å²) in [6.07, 6.45) is 9.83. The van der Waals surface area contributed by atoms with Crippen LogP contribution in [0.3, 0.4) is 0 Å². The van der Waals surface area contributed by atoms with Gasteiger partial charge in [-0.2, -0.15) is 11.3 Å². The van der Waals surface area contributed by atoms with Gasteiger partial charge in [-0.1, -0.05) is 19.4 Å². The van der Waals surface area contributed by atoms with E-state index < -0.39 is 0 Å². The molecule has 0 radical (unpaired) electrons. The van der Waals surface area contributed by atoms with Gasteiger partial charge >= 0.3 is 0 Å². The van der Waals surface area contributed by atoms with Crippen LogP contribution in [0.2, 0.25) is 0 Å². The summed E-state index contributed by atoms with van der Waals surface area (Å²) in [4.78, 5) is 24.0. The van der Waals surface area contributed by atoms with E-state index >= 15 is 0 Å². The van der Waals surface area contributed by atoms with Crippen LogP contribution in [0.4, 0.5) is 5.69 Å². The Morgan fingerprint density at radius 3 is 2.64 bits per heavy atom. The molecule has 1 amide bonds. The molecule has 0 atom stereocenters. The first-order valence-corrected chi connectivity index (χ1v) is 13.8. The molecular weight excluding hydrogens is 486 g/mol. The van der Waals surface area contributed by atoms with Crippen LogP contribution in [-0.4, -0.2) is 48.0 Å². The monoisotopic (exact) mass is 517 g/mol. The second-order valence-electron chi connectivity index (χ2n) is 8.66. The third kappa shape index (κ3) is 6.66. The van der Waals surface area contributed by atoms with Crippen LogP contribution in [0, 0.1) is 0 Å². The van der Waals surface area contributed by atoms with Crippen molar-refractivity contribution in [2.45, 2.75) is 19.8 Å². The van der Waals surface area contributed by atoms with Crippen molar-refractivity contribution in [3.05, 3.63) is 75.0 Å². The number of carbonyl (C=O) groups is 1. The number of nitrogens with one attached hydrogen (secondary N) is 2. The Labute approximate surface area is 220 Å². The highest BCUT2D eigenvalue weighted by molar-refractivity contribution is 7.13. The Kier molecular flexibility index (Phi) is 9.00. The van der Waals surface area contributed by atoms with Crippen molar-refractivity contribution in [2.24, 2.45) is 0 Å². The smallest absolute Gasteiger partial charge is 0.275 e. The average molecular weight is 518 g/mol. The lowest BCUT2D eigenvalue weighted by atomic mass is 10.0. The number of anilines is 1. The molecule has 4 rings (SSSR count). The topological polar surface area (TPSA) is 70.1 Å². The van der Waals surface area contributed by atoms with Crippen LogP contribution in [0.25, 0.3) is 34.0 Å². The zero-order valence-electron chi connectivity index (χ0n) is 20.8. The van der Waals surface area contributed by atoms with Gasteiger partial charge in [0.25, 0.3) is 5.91 Å². The van der Waals surface area contributed by atoms with Gasteiger partial charge in [0.15, 0.2) is 0 Å². The molecule has 0 aliphatic carbocycles. The van der Waals surface area contributed by atoms with Gasteiger partial charge in [0.1, 0.15) is 10.7 Å². The van der Waals surface area contributed by atoms with E-state index in [-0.39, 0.29) is 5.91 Å². The number of nitrogens with zero attached hydrogens (tertiary/aromatic N) is 3. The molecule has 4 aromatic rings. The normalized spacial score (nSPS) is 12.3. The van der Waals surface area contributed by atoms with E-state index in [2.05, 4.69) is 81.6 Å². The van der Waals surface area contributed by atoms with E-state index in [1.165, 1.54) is 11.3 Å². The van der Waals surface area contributed by atoms with Crippen LogP contribution in [0.15, 0.2) is 58.9 Å². The fourth-order valence-electron chi connectivity index (χ4n) is 3.66. The zero-order valence-corrected chi connectivity index (χ0v) is 22.5. The first kappa shape index (κ1) is 25.8. The van der Waals surface area contributed by atoms with Crippen LogP contribution >= 0.6 is 22.7 Å². The molecular formula is C28H31N5OS2. The molecule has 0 unspecified atom stereocenters. The van der Waals surface area contributed by atoms with Crippen molar-refractivity contribution >= 4 is 46.5 Å². The van der Waals surface area contributed by atoms with Crippen molar-refractivity contribution in [2.75, 3.05) is 32.5 Å². The van der Waals surface area contributed by atoms with E-state index in [1.54, 1.807) is 29.1 Å². The van der Waals surface area contributed by atoms with Crippen LogP contribution in [0.5, 0.6) is 0 Å². The number of hydrogen-bond donors (Lipinski definition) is 2. The lowest BCUT2D eigenvalue weighted by molar-refractivity contribution is 0.102. The Morgan fingerprint density at radius 1 is 1.08 bits per heavy atom. The maximum atomic E-state index is 13.3. The Hall–Kier alpha value is -3.33. The molecule has 6 nitrogen and oxygen atoms in total. The molecule has 0 saturated heterocycles. The number of pyridine rings is 1. The third-order valence-electron chi connectivity index (χ3n) is 5.58. The van der Waals surface area contributed by atoms with Crippen molar-refractivity contribution in [3.8, 4) is 21.7 Å². The van der Waals surface area contributed by atoms with E-state index in [9.17, 15) is 4.79 Å². The van der Waals surface area contributed by atoms with Gasteiger partial charge in [-0.3, -0.25) is 9.78 Å². The highest BCUT2D eigenvalue weighted by atomic mass is 32.1. The van der Waals surface area contributed by atoms with Crippen LogP contribution < -0.4 is 21.1 Å². The molecule has 0 bridgehead atoms. The number of thiazole rings is 1. The number of hydrogen-bond acceptors (Lipinski definition) is 7. The van der Waals surface area contributed by atoms with Crippen molar-refractivity contribution in [1.82, 2.24) is 20.2 Å². The minimum absolute atomic E-state index is 0.222. The Bertz CT molecular complexity index is 1400. The number of amides is 1. The van der Waals surface area contributed by atoms with Crippen molar-refractivity contribution in [3.63, 3.8) is 0 Å². The summed E-state index contributed by atoms with van der Waals surface area (Å²) in [6.45, 7) is 3.95. The van der Waals surface area contributed by atoms with E-state index in [1.807, 2.05) is 18.3 Å². The highest BCUT2D eigenvalue weighted by Gasteiger charge is 2.15.